The van der Waals surface area contributed by atoms with Crippen LogP contribution in [-0.2, 0) is 6.42 Å². The van der Waals surface area contributed by atoms with Gasteiger partial charge < -0.3 is 9.42 Å². The lowest BCUT2D eigenvalue weighted by Crippen LogP contribution is -2.40. The summed E-state index contributed by atoms with van der Waals surface area (Å²) in [7, 11) is 0. The SMILES string of the molecule is CCc1nc(C)ncc1C(=O)N1CCCC(c2noc(C)n2)C1. The summed E-state index contributed by atoms with van der Waals surface area (Å²) in [4.78, 5) is 27.6. The van der Waals surface area contributed by atoms with Crippen molar-refractivity contribution < 1.29 is 9.32 Å². The van der Waals surface area contributed by atoms with Crippen molar-refractivity contribution in [2.75, 3.05) is 13.1 Å². The van der Waals surface area contributed by atoms with Crippen LogP contribution in [0.15, 0.2) is 10.7 Å². The summed E-state index contributed by atoms with van der Waals surface area (Å²) in [5, 5.41) is 4.00. The summed E-state index contributed by atoms with van der Waals surface area (Å²) in [6.45, 7) is 6.96. The first-order valence-corrected chi connectivity index (χ1v) is 8.00. The fraction of sp³-hybridized carbons (Fsp3) is 0.562. The van der Waals surface area contributed by atoms with Gasteiger partial charge in [0.1, 0.15) is 5.82 Å². The van der Waals surface area contributed by atoms with Crippen LogP contribution >= 0.6 is 0 Å². The Labute approximate surface area is 135 Å². The van der Waals surface area contributed by atoms with Crippen LogP contribution in [0.3, 0.4) is 0 Å². The molecule has 7 nitrogen and oxygen atoms in total. The molecule has 0 aromatic carbocycles. The van der Waals surface area contributed by atoms with Crippen LogP contribution in [0.1, 0.15) is 59.3 Å². The quantitative estimate of drug-likeness (QED) is 0.862. The molecule has 0 saturated carbocycles. The van der Waals surface area contributed by atoms with Crippen molar-refractivity contribution in [2.24, 2.45) is 0 Å². The fourth-order valence-electron chi connectivity index (χ4n) is 2.99. The molecule has 1 amide bonds. The number of carbonyl (C=O) groups excluding carboxylic acids is 1. The Kier molecular flexibility index (Phi) is 4.36. The minimum absolute atomic E-state index is 0.00762. The van der Waals surface area contributed by atoms with E-state index in [0.717, 1.165) is 25.1 Å². The number of piperidine rings is 1. The first-order chi connectivity index (χ1) is 11.1. The summed E-state index contributed by atoms with van der Waals surface area (Å²) in [6, 6.07) is 0. The summed E-state index contributed by atoms with van der Waals surface area (Å²) < 4.78 is 5.06. The number of hydrogen-bond donors (Lipinski definition) is 0. The van der Waals surface area contributed by atoms with Gasteiger partial charge in [-0.2, -0.15) is 4.98 Å². The predicted molar refractivity (Wildman–Crippen MR) is 83.1 cm³/mol. The topological polar surface area (TPSA) is 85.0 Å². The van der Waals surface area contributed by atoms with E-state index in [1.165, 1.54) is 0 Å². The Morgan fingerprint density at radius 1 is 1.39 bits per heavy atom. The molecule has 0 spiro atoms. The average Bonchev–Trinajstić information content (AvgIpc) is 3.01. The standard InChI is InChI=1S/C16H21N5O2/c1-4-14-13(8-17-10(2)18-14)16(22)21-7-5-6-12(9-21)15-19-11(3)23-20-15/h8,12H,4-7,9H2,1-3H3. The molecule has 3 rings (SSSR count). The zero-order valence-corrected chi connectivity index (χ0v) is 13.7. The molecular weight excluding hydrogens is 294 g/mol. The van der Waals surface area contributed by atoms with Crippen molar-refractivity contribution in [3.05, 3.63) is 35.0 Å². The number of amides is 1. The second-order valence-corrected chi connectivity index (χ2v) is 5.89. The van der Waals surface area contributed by atoms with E-state index in [9.17, 15) is 4.79 Å². The summed E-state index contributed by atoms with van der Waals surface area (Å²) in [5.74, 6) is 2.06. The van der Waals surface area contributed by atoms with E-state index in [1.807, 2.05) is 18.7 Å². The van der Waals surface area contributed by atoms with Gasteiger partial charge in [-0.1, -0.05) is 12.1 Å². The highest BCUT2D eigenvalue weighted by atomic mass is 16.5. The number of carbonyl (C=O) groups is 1. The Morgan fingerprint density at radius 2 is 2.22 bits per heavy atom. The van der Waals surface area contributed by atoms with E-state index in [1.54, 1.807) is 13.1 Å². The van der Waals surface area contributed by atoms with Crippen molar-refractivity contribution in [1.82, 2.24) is 25.0 Å². The van der Waals surface area contributed by atoms with Crippen LogP contribution in [0.2, 0.25) is 0 Å². The molecule has 1 fully saturated rings. The lowest BCUT2D eigenvalue weighted by atomic mass is 9.96. The molecule has 2 aromatic rings. The molecule has 3 heterocycles. The van der Waals surface area contributed by atoms with Gasteiger partial charge in [-0.05, 0) is 26.2 Å². The van der Waals surface area contributed by atoms with Gasteiger partial charge in [0.25, 0.3) is 5.91 Å². The number of rotatable bonds is 3. The summed E-state index contributed by atoms with van der Waals surface area (Å²) in [6.07, 6.45) is 4.25. The zero-order valence-electron chi connectivity index (χ0n) is 13.7. The zero-order chi connectivity index (χ0) is 16.4. The third-order valence-electron chi connectivity index (χ3n) is 4.17. The van der Waals surface area contributed by atoms with Gasteiger partial charge in [0.2, 0.25) is 5.89 Å². The van der Waals surface area contributed by atoms with Gasteiger partial charge in [0.05, 0.1) is 11.3 Å². The van der Waals surface area contributed by atoms with Gasteiger partial charge in [-0.15, -0.1) is 0 Å². The number of nitrogens with zero attached hydrogens (tertiary/aromatic N) is 5. The molecule has 122 valence electrons. The summed E-state index contributed by atoms with van der Waals surface area (Å²) in [5.41, 5.74) is 1.41. The molecule has 0 bridgehead atoms. The first kappa shape index (κ1) is 15.6. The highest BCUT2D eigenvalue weighted by molar-refractivity contribution is 5.95. The Balaban J connectivity index is 1.79. The van der Waals surface area contributed by atoms with Crippen LogP contribution in [0.4, 0.5) is 0 Å². The molecule has 1 unspecified atom stereocenters. The van der Waals surface area contributed by atoms with Gasteiger partial charge in [0.15, 0.2) is 5.82 Å². The molecule has 1 aliphatic heterocycles. The maximum Gasteiger partial charge on any atom is 0.257 e. The second kappa shape index (κ2) is 6.44. The maximum atomic E-state index is 12.9. The molecule has 0 radical (unpaired) electrons. The Morgan fingerprint density at radius 3 is 2.91 bits per heavy atom. The molecule has 0 N–H and O–H groups in total. The third-order valence-corrected chi connectivity index (χ3v) is 4.17. The van der Waals surface area contributed by atoms with Crippen molar-refractivity contribution in [1.29, 1.82) is 0 Å². The molecule has 1 aliphatic rings. The normalized spacial score (nSPS) is 18.2. The van der Waals surface area contributed by atoms with E-state index >= 15 is 0 Å². The number of aryl methyl sites for hydroxylation is 3. The monoisotopic (exact) mass is 315 g/mol. The lowest BCUT2D eigenvalue weighted by molar-refractivity contribution is 0.0701. The maximum absolute atomic E-state index is 12.9. The Bertz CT molecular complexity index is 712. The highest BCUT2D eigenvalue weighted by Gasteiger charge is 2.29. The number of aromatic nitrogens is 4. The molecule has 0 aliphatic carbocycles. The van der Waals surface area contributed by atoms with Crippen molar-refractivity contribution in [3.63, 3.8) is 0 Å². The van der Waals surface area contributed by atoms with Crippen molar-refractivity contribution >= 4 is 5.91 Å². The minimum atomic E-state index is -0.00762. The molecule has 1 saturated heterocycles. The summed E-state index contributed by atoms with van der Waals surface area (Å²) >= 11 is 0. The van der Waals surface area contributed by atoms with E-state index in [4.69, 9.17) is 4.52 Å². The lowest BCUT2D eigenvalue weighted by Gasteiger charge is -2.31. The highest BCUT2D eigenvalue weighted by Crippen LogP contribution is 2.26. The third kappa shape index (κ3) is 3.23. The van der Waals surface area contributed by atoms with E-state index < -0.39 is 0 Å². The predicted octanol–water partition coefficient (Wildman–Crippen LogP) is 2.06. The van der Waals surface area contributed by atoms with Crippen LogP contribution in [0.25, 0.3) is 0 Å². The van der Waals surface area contributed by atoms with Gasteiger partial charge in [-0.3, -0.25) is 4.79 Å². The first-order valence-electron chi connectivity index (χ1n) is 8.00. The van der Waals surface area contributed by atoms with Crippen LogP contribution in [0.5, 0.6) is 0 Å². The molecule has 7 heteroatoms. The van der Waals surface area contributed by atoms with E-state index in [0.29, 0.717) is 36.1 Å². The minimum Gasteiger partial charge on any atom is -0.340 e. The van der Waals surface area contributed by atoms with Crippen LogP contribution in [0, 0.1) is 13.8 Å². The van der Waals surface area contributed by atoms with E-state index in [2.05, 4.69) is 20.1 Å². The van der Waals surface area contributed by atoms with Crippen LogP contribution < -0.4 is 0 Å². The fourth-order valence-corrected chi connectivity index (χ4v) is 2.99. The molecule has 2 aromatic heterocycles. The average molecular weight is 315 g/mol. The van der Waals surface area contributed by atoms with Gasteiger partial charge in [-0.25, -0.2) is 9.97 Å². The Hall–Kier alpha value is -2.31. The smallest absolute Gasteiger partial charge is 0.257 e. The van der Waals surface area contributed by atoms with Gasteiger partial charge in [0, 0.05) is 32.1 Å². The van der Waals surface area contributed by atoms with Crippen molar-refractivity contribution in [2.45, 2.75) is 46.0 Å². The molecule has 1 atom stereocenters. The van der Waals surface area contributed by atoms with Crippen molar-refractivity contribution in [3.8, 4) is 0 Å². The molecule has 23 heavy (non-hydrogen) atoms. The largest absolute Gasteiger partial charge is 0.340 e. The van der Waals surface area contributed by atoms with Gasteiger partial charge >= 0.3 is 0 Å². The molecular formula is C16H21N5O2. The number of hydrogen-bond acceptors (Lipinski definition) is 6. The number of likely N-dealkylation sites (tertiary alicyclic amines) is 1. The second-order valence-electron chi connectivity index (χ2n) is 5.89. The van der Waals surface area contributed by atoms with Crippen LogP contribution in [-0.4, -0.2) is 44.0 Å². The van der Waals surface area contributed by atoms with E-state index in [-0.39, 0.29) is 11.8 Å².